The summed E-state index contributed by atoms with van der Waals surface area (Å²) < 4.78 is 19.1. The molecule has 3 atom stereocenters. The molecule has 0 saturated carbocycles. The maximum atomic E-state index is 13.1. The summed E-state index contributed by atoms with van der Waals surface area (Å²) in [5, 5.41) is 9.86. The first-order valence-corrected chi connectivity index (χ1v) is 8.70. The molecule has 0 radical (unpaired) electrons. The molecule has 0 amide bonds. The molecule has 0 aromatic heterocycles. The highest BCUT2D eigenvalue weighted by Gasteiger charge is 2.41. The van der Waals surface area contributed by atoms with Gasteiger partial charge in [0.05, 0.1) is 6.10 Å². The predicted octanol–water partition coefficient (Wildman–Crippen LogP) is 2.80. The van der Waals surface area contributed by atoms with Crippen molar-refractivity contribution in [2.45, 2.75) is 31.3 Å². The van der Waals surface area contributed by atoms with E-state index < -0.39 is 7.37 Å². The molecule has 3 unspecified atom stereocenters. The number of fused-ring (bicyclic) bond motifs is 3. The van der Waals surface area contributed by atoms with E-state index in [0.717, 1.165) is 23.7 Å². The Hall–Kier alpha value is -0.890. The van der Waals surface area contributed by atoms with E-state index in [0.29, 0.717) is 12.6 Å². The molecule has 1 aliphatic carbocycles. The highest BCUT2D eigenvalue weighted by atomic mass is 31.2. The van der Waals surface area contributed by atoms with Gasteiger partial charge in [-0.15, -0.1) is 0 Å². The van der Waals surface area contributed by atoms with Crippen molar-refractivity contribution in [3.05, 3.63) is 42.0 Å². The Labute approximate surface area is 113 Å². The van der Waals surface area contributed by atoms with Crippen molar-refractivity contribution in [2.75, 3.05) is 12.8 Å². The van der Waals surface area contributed by atoms with Crippen LogP contribution >= 0.6 is 7.37 Å². The molecule has 102 valence electrons. The van der Waals surface area contributed by atoms with Gasteiger partial charge in [0.25, 0.3) is 0 Å². The lowest BCUT2D eigenvalue weighted by atomic mass is 9.86. The summed E-state index contributed by atoms with van der Waals surface area (Å²) >= 11 is 0. The van der Waals surface area contributed by atoms with Crippen LogP contribution in [0.1, 0.15) is 30.7 Å². The first-order chi connectivity index (χ1) is 9.24. The third-order valence-corrected chi connectivity index (χ3v) is 6.60. The van der Waals surface area contributed by atoms with Crippen LogP contribution in [0.2, 0.25) is 0 Å². The SMILES string of the molecule is O=P1(CCCO)OC2CCC=CC2c2ccccc21. The van der Waals surface area contributed by atoms with Gasteiger partial charge in [0.1, 0.15) is 0 Å². The molecule has 0 fully saturated rings. The molecule has 0 spiro atoms. The van der Waals surface area contributed by atoms with Crippen molar-refractivity contribution in [3.63, 3.8) is 0 Å². The largest absolute Gasteiger partial charge is 0.396 e. The fraction of sp³-hybridized carbons (Fsp3) is 0.467. The fourth-order valence-electron chi connectivity index (χ4n) is 3.04. The van der Waals surface area contributed by atoms with Crippen molar-refractivity contribution < 1.29 is 14.2 Å². The molecule has 3 rings (SSSR count). The van der Waals surface area contributed by atoms with Gasteiger partial charge in [-0.05, 0) is 30.9 Å². The topological polar surface area (TPSA) is 46.5 Å². The smallest absolute Gasteiger partial charge is 0.232 e. The van der Waals surface area contributed by atoms with Crippen molar-refractivity contribution in [2.24, 2.45) is 0 Å². The van der Waals surface area contributed by atoms with Gasteiger partial charge in [-0.1, -0.05) is 30.4 Å². The molecule has 2 aliphatic rings. The van der Waals surface area contributed by atoms with Crippen LogP contribution in [-0.4, -0.2) is 24.0 Å². The quantitative estimate of drug-likeness (QED) is 0.683. The third kappa shape index (κ3) is 2.31. The third-order valence-electron chi connectivity index (χ3n) is 3.94. The summed E-state index contributed by atoms with van der Waals surface area (Å²) in [4.78, 5) is 0. The van der Waals surface area contributed by atoms with E-state index in [1.54, 1.807) is 0 Å². The molecule has 1 N–H and O–H groups in total. The summed E-state index contributed by atoms with van der Waals surface area (Å²) in [5.41, 5.74) is 1.15. The molecular formula is C15H19O3P. The van der Waals surface area contributed by atoms with Gasteiger partial charge in [-0.25, -0.2) is 0 Å². The molecule has 1 aliphatic heterocycles. The summed E-state index contributed by atoms with van der Waals surface area (Å²) in [5.74, 6) is 0.237. The van der Waals surface area contributed by atoms with E-state index in [-0.39, 0.29) is 18.6 Å². The number of aliphatic hydroxyl groups is 1. The zero-order chi connectivity index (χ0) is 13.3. The van der Waals surface area contributed by atoms with E-state index in [9.17, 15) is 4.57 Å². The summed E-state index contributed by atoms with van der Waals surface area (Å²) in [7, 11) is -2.80. The van der Waals surface area contributed by atoms with Gasteiger partial charge in [-0.2, -0.15) is 0 Å². The number of hydrogen-bond acceptors (Lipinski definition) is 3. The number of allylic oxidation sites excluding steroid dienone is 1. The van der Waals surface area contributed by atoms with E-state index in [1.807, 2.05) is 18.2 Å². The Kier molecular flexibility index (Phi) is 3.62. The number of aliphatic hydroxyl groups excluding tert-OH is 1. The minimum absolute atomic E-state index is 0.0319. The second kappa shape index (κ2) is 5.24. The van der Waals surface area contributed by atoms with Crippen molar-refractivity contribution >= 4 is 12.7 Å². The van der Waals surface area contributed by atoms with Crippen molar-refractivity contribution in [1.82, 2.24) is 0 Å². The fourth-order valence-corrected chi connectivity index (χ4v) is 5.66. The van der Waals surface area contributed by atoms with Crippen LogP contribution in [0, 0.1) is 0 Å². The number of rotatable bonds is 3. The molecule has 0 bridgehead atoms. The average molecular weight is 278 g/mol. The van der Waals surface area contributed by atoms with E-state index >= 15 is 0 Å². The average Bonchev–Trinajstić information content (AvgIpc) is 2.46. The zero-order valence-corrected chi connectivity index (χ0v) is 11.8. The highest BCUT2D eigenvalue weighted by Crippen LogP contribution is 2.55. The first-order valence-electron chi connectivity index (χ1n) is 6.89. The predicted molar refractivity (Wildman–Crippen MR) is 76.2 cm³/mol. The minimum Gasteiger partial charge on any atom is -0.396 e. The first kappa shape index (κ1) is 13.1. The van der Waals surface area contributed by atoms with Gasteiger partial charge in [0, 0.05) is 24.0 Å². The van der Waals surface area contributed by atoms with Crippen LogP contribution in [0.15, 0.2) is 36.4 Å². The molecule has 4 heteroatoms. The Balaban J connectivity index is 2.05. The Bertz CT molecular complexity index is 538. The standard InChI is InChI=1S/C15H19O3P/c16-10-5-11-19(17)15-9-4-2-7-13(15)12-6-1-3-8-14(12)18-19/h1-2,4,6-7,9,12,14,16H,3,5,8,10-11H2. The van der Waals surface area contributed by atoms with E-state index in [1.165, 1.54) is 0 Å². The van der Waals surface area contributed by atoms with Crippen LogP contribution in [0.25, 0.3) is 0 Å². The maximum absolute atomic E-state index is 13.1. The number of hydrogen-bond donors (Lipinski definition) is 1. The molecule has 1 aromatic rings. The van der Waals surface area contributed by atoms with Crippen molar-refractivity contribution in [3.8, 4) is 0 Å². The normalized spacial score (nSPS) is 32.7. The molecular weight excluding hydrogens is 259 g/mol. The second-order valence-corrected chi connectivity index (χ2v) is 7.69. The van der Waals surface area contributed by atoms with E-state index in [4.69, 9.17) is 9.63 Å². The van der Waals surface area contributed by atoms with Gasteiger partial charge in [0.2, 0.25) is 7.37 Å². The number of benzene rings is 1. The summed E-state index contributed by atoms with van der Waals surface area (Å²) in [6.07, 6.45) is 7.28. The van der Waals surface area contributed by atoms with Crippen LogP contribution in [0.4, 0.5) is 0 Å². The lowest BCUT2D eigenvalue weighted by Crippen LogP contribution is -2.34. The summed E-state index contributed by atoms with van der Waals surface area (Å²) in [6, 6.07) is 7.91. The minimum atomic E-state index is -2.80. The maximum Gasteiger partial charge on any atom is 0.232 e. The molecule has 19 heavy (non-hydrogen) atoms. The van der Waals surface area contributed by atoms with Crippen LogP contribution in [-0.2, 0) is 9.09 Å². The van der Waals surface area contributed by atoms with Gasteiger partial charge < -0.3 is 9.63 Å². The van der Waals surface area contributed by atoms with Crippen LogP contribution in [0.5, 0.6) is 0 Å². The van der Waals surface area contributed by atoms with E-state index in [2.05, 4.69) is 18.2 Å². The molecule has 0 saturated heterocycles. The highest BCUT2D eigenvalue weighted by molar-refractivity contribution is 7.67. The lowest BCUT2D eigenvalue weighted by molar-refractivity contribution is 0.171. The molecule has 1 aromatic carbocycles. The monoisotopic (exact) mass is 278 g/mol. The van der Waals surface area contributed by atoms with Gasteiger partial charge >= 0.3 is 0 Å². The van der Waals surface area contributed by atoms with Gasteiger partial charge in [0.15, 0.2) is 0 Å². The van der Waals surface area contributed by atoms with Crippen molar-refractivity contribution in [1.29, 1.82) is 0 Å². The Morgan fingerprint density at radius 3 is 3.05 bits per heavy atom. The zero-order valence-electron chi connectivity index (χ0n) is 10.9. The van der Waals surface area contributed by atoms with Crippen LogP contribution in [0.3, 0.4) is 0 Å². The molecule has 1 heterocycles. The summed E-state index contributed by atoms with van der Waals surface area (Å²) in [6.45, 7) is 0.0590. The molecule has 3 nitrogen and oxygen atoms in total. The van der Waals surface area contributed by atoms with Gasteiger partial charge in [-0.3, -0.25) is 4.57 Å². The second-order valence-electron chi connectivity index (χ2n) is 5.21. The Morgan fingerprint density at radius 2 is 2.21 bits per heavy atom. The lowest BCUT2D eigenvalue weighted by Gasteiger charge is -2.38. The Morgan fingerprint density at radius 1 is 1.37 bits per heavy atom. The van der Waals surface area contributed by atoms with Crippen LogP contribution < -0.4 is 5.30 Å².